The van der Waals surface area contributed by atoms with Gasteiger partial charge in [0.15, 0.2) is 0 Å². The Hall–Kier alpha value is -1.28. The van der Waals surface area contributed by atoms with Crippen molar-refractivity contribution >= 4 is 11.8 Å². The fourth-order valence-corrected chi connectivity index (χ4v) is 11.2. The van der Waals surface area contributed by atoms with E-state index in [2.05, 4.69) is 42.4 Å². The van der Waals surface area contributed by atoms with Gasteiger partial charge in [-0.1, -0.05) is 252 Å². The number of carbonyl (C=O) groups excluding carboxylic acids is 2. The normalized spacial score (nSPS) is 15.2. The molecule has 1 saturated heterocycles. The SMILES string of the molecule is CCCCCCCCCCN(CCCCCCCCCC)C(=O)CCCCCCCN1CCC1(CCCCCCCC(=O)N(CCCCCCCCCC)CCCCCCCCCC)CC(F)(F)CO. The molecule has 416 valence electrons. The van der Waals surface area contributed by atoms with Crippen molar-refractivity contribution in [2.24, 2.45) is 0 Å². The topological polar surface area (TPSA) is 64.1 Å². The first-order valence-corrected chi connectivity index (χ1v) is 31.5. The van der Waals surface area contributed by atoms with Crippen molar-refractivity contribution in [1.29, 1.82) is 0 Å². The van der Waals surface area contributed by atoms with Gasteiger partial charge in [-0.2, -0.15) is 0 Å². The lowest BCUT2D eigenvalue weighted by Gasteiger charge is -2.54. The fraction of sp³-hybridized carbons (Fsp3) is 0.968. The smallest absolute Gasteiger partial charge is 0.272 e. The minimum atomic E-state index is -3.06. The molecular weight excluding hydrogens is 873 g/mol. The Morgan fingerprint density at radius 2 is 0.714 bits per heavy atom. The highest BCUT2D eigenvalue weighted by atomic mass is 19.3. The van der Waals surface area contributed by atoms with Gasteiger partial charge in [-0.3, -0.25) is 14.5 Å². The van der Waals surface area contributed by atoms with Crippen LogP contribution >= 0.6 is 0 Å². The quantitative estimate of drug-likeness (QED) is 0.0617. The van der Waals surface area contributed by atoms with E-state index in [1.807, 2.05) is 0 Å². The van der Waals surface area contributed by atoms with Gasteiger partial charge in [0.1, 0.15) is 6.61 Å². The number of carbonyl (C=O) groups is 2. The molecule has 0 aliphatic carbocycles. The molecule has 1 atom stereocenters. The number of hydrogen-bond donors (Lipinski definition) is 1. The van der Waals surface area contributed by atoms with E-state index < -0.39 is 18.1 Å². The van der Waals surface area contributed by atoms with Crippen LogP contribution in [0.1, 0.15) is 329 Å². The summed E-state index contributed by atoms with van der Waals surface area (Å²) in [6.45, 7) is 13.3. The second-order valence-electron chi connectivity index (χ2n) is 22.6. The first kappa shape index (κ1) is 66.7. The second-order valence-corrected chi connectivity index (χ2v) is 22.6. The number of aliphatic hydroxyl groups excluding tert-OH is 1. The third-order valence-corrected chi connectivity index (χ3v) is 16.0. The zero-order valence-corrected chi connectivity index (χ0v) is 47.5. The lowest BCUT2D eigenvalue weighted by Crippen LogP contribution is -2.62. The van der Waals surface area contributed by atoms with Crippen LogP contribution in [0.5, 0.6) is 0 Å². The minimum Gasteiger partial charge on any atom is -0.390 e. The molecule has 70 heavy (non-hydrogen) atoms. The molecule has 1 unspecified atom stereocenters. The van der Waals surface area contributed by atoms with Crippen LogP contribution < -0.4 is 0 Å². The molecule has 0 aromatic rings. The summed E-state index contributed by atoms with van der Waals surface area (Å²) in [6.07, 6.45) is 53.6. The lowest BCUT2D eigenvalue weighted by molar-refractivity contribution is -0.132. The number of unbranched alkanes of at least 4 members (excludes halogenated alkanes) is 36. The molecule has 0 bridgehead atoms. The first-order chi connectivity index (χ1) is 34.2. The summed E-state index contributed by atoms with van der Waals surface area (Å²) in [5, 5.41) is 9.57. The van der Waals surface area contributed by atoms with Gasteiger partial charge >= 0.3 is 0 Å². The molecule has 1 rings (SSSR count). The summed E-state index contributed by atoms with van der Waals surface area (Å²) in [5.41, 5.74) is -0.520. The molecular formula is C62H121F2N3O3. The molecule has 1 N–H and O–H groups in total. The number of nitrogens with zero attached hydrogens (tertiary/aromatic N) is 3. The minimum absolute atomic E-state index is 0.255. The summed E-state index contributed by atoms with van der Waals surface area (Å²) in [7, 11) is 0. The zero-order valence-electron chi connectivity index (χ0n) is 47.5. The first-order valence-electron chi connectivity index (χ1n) is 31.5. The van der Waals surface area contributed by atoms with Crippen molar-refractivity contribution in [2.45, 2.75) is 341 Å². The Labute approximate surface area is 435 Å². The van der Waals surface area contributed by atoms with E-state index in [1.165, 1.54) is 180 Å². The summed E-state index contributed by atoms with van der Waals surface area (Å²) in [5.74, 6) is -2.39. The van der Waals surface area contributed by atoms with Crippen LogP contribution in [0.25, 0.3) is 0 Å². The molecule has 2 amide bonds. The van der Waals surface area contributed by atoms with Crippen molar-refractivity contribution in [3.63, 3.8) is 0 Å². The average Bonchev–Trinajstić information content (AvgIpc) is 3.35. The largest absolute Gasteiger partial charge is 0.390 e. The zero-order chi connectivity index (χ0) is 51.1. The van der Waals surface area contributed by atoms with Crippen LogP contribution in [0.4, 0.5) is 8.78 Å². The maximum absolute atomic E-state index is 14.8. The summed E-state index contributed by atoms with van der Waals surface area (Å²) >= 11 is 0. The molecule has 0 saturated carbocycles. The van der Waals surface area contributed by atoms with Crippen LogP contribution in [0, 0.1) is 0 Å². The Morgan fingerprint density at radius 3 is 1.01 bits per heavy atom. The molecule has 8 heteroatoms. The predicted octanol–water partition coefficient (Wildman–Crippen LogP) is 18.7. The van der Waals surface area contributed by atoms with Gasteiger partial charge in [0.2, 0.25) is 11.8 Å². The van der Waals surface area contributed by atoms with Gasteiger partial charge in [0, 0.05) is 57.5 Å². The van der Waals surface area contributed by atoms with E-state index in [0.29, 0.717) is 24.7 Å². The predicted molar refractivity (Wildman–Crippen MR) is 299 cm³/mol. The second kappa shape index (κ2) is 47.4. The van der Waals surface area contributed by atoms with E-state index in [1.54, 1.807) is 0 Å². The van der Waals surface area contributed by atoms with Gasteiger partial charge in [0.05, 0.1) is 0 Å². The van der Waals surface area contributed by atoms with Crippen LogP contribution in [0.3, 0.4) is 0 Å². The Balaban J connectivity index is 2.49. The Bertz CT molecular complexity index is 1120. The number of alkyl halides is 2. The van der Waals surface area contributed by atoms with Crippen molar-refractivity contribution < 1.29 is 23.5 Å². The van der Waals surface area contributed by atoms with Gasteiger partial charge < -0.3 is 14.9 Å². The number of hydrogen-bond acceptors (Lipinski definition) is 4. The van der Waals surface area contributed by atoms with Crippen LogP contribution in [-0.4, -0.2) is 89.0 Å². The molecule has 6 nitrogen and oxygen atoms in total. The summed E-state index contributed by atoms with van der Waals surface area (Å²) in [6, 6.07) is 0. The Kier molecular flexibility index (Phi) is 45.2. The number of likely N-dealkylation sites (tertiary alicyclic amines) is 1. The molecule has 1 heterocycles. The van der Waals surface area contributed by atoms with E-state index in [9.17, 15) is 23.5 Å². The third-order valence-electron chi connectivity index (χ3n) is 16.0. The molecule has 0 spiro atoms. The van der Waals surface area contributed by atoms with E-state index >= 15 is 0 Å². The molecule has 0 aromatic carbocycles. The highest BCUT2D eigenvalue weighted by Crippen LogP contribution is 2.43. The van der Waals surface area contributed by atoms with Gasteiger partial charge in [-0.05, 0) is 64.3 Å². The number of aliphatic hydroxyl groups is 1. The monoisotopic (exact) mass is 994 g/mol. The standard InChI is InChI=1S/C62H121F2N3O3/c1-5-9-13-17-21-25-34-42-51-65(52-43-35-26-22-18-14-10-6-2)59(69)47-39-31-29-33-41-49-61(57-62(63,64)58-68)50-56-67(61)55-46-38-30-32-40-48-60(70)66(53-44-36-27-23-19-15-11-7-3)54-45-37-28-24-20-16-12-8-4/h68H,5-58H2,1-4H3. The van der Waals surface area contributed by atoms with Gasteiger partial charge in [-0.15, -0.1) is 0 Å². The fourth-order valence-electron chi connectivity index (χ4n) is 11.2. The number of rotatable bonds is 55. The average molecular weight is 995 g/mol. The maximum atomic E-state index is 14.8. The van der Waals surface area contributed by atoms with Crippen molar-refractivity contribution in [3.8, 4) is 0 Å². The van der Waals surface area contributed by atoms with Crippen LogP contribution in [0.2, 0.25) is 0 Å². The molecule has 1 aliphatic heterocycles. The van der Waals surface area contributed by atoms with Crippen molar-refractivity contribution in [3.05, 3.63) is 0 Å². The Morgan fingerprint density at radius 1 is 0.429 bits per heavy atom. The van der Waals surface area contributed by atoms with Gasteiger partial charge in [0.25, 0.3) is 5.92 Å². The van der Waals surface area contributed by atoms with Gasteiger partial charge in [-0.25, -0.2) is 8.78 Å². The van der Waals surface area contributed by atoms with Crippen LogP contribution in [0.15, 0.2) is 0 Å². The summed E-state index contributed by atoms with van der Waals surface area (Å²) in [4.78, 5) is 33.6. The van der Waals surface area contributed by atoms with Crippen molar-refractivity contribution in [2.75, 3.05) is 45.9 Å². The van der Waals surface area contributed by atoms with E-state index in [0.717, 1.165) is 142 Å². The van der Waals surface area contributed by atoms with E-state index in [-0.39, 0.29) is 6.42 Å². The molecule has 0 radical (unpaired) electrons. The number of amides is 2. The number of halogens is 2. The maximum Gasteiger partial charge on any atom is 0.272 e. The van der Waals surface area contributed by atoms with Crippen molar-refractivity contribution in [1.82, 2.24) is 14.7 Å². The lowest BCUT2D eigenvalue weighted by atomic mass is 9.75. The summed E-state index contributed by atoms with van der Waals surface area (Å²) < 4.78 is 29.6. The highest BCUT2D eigenvalue weighted by molar-refractivity contribution is 5.76. The third kappa shape index (κ3) is 36.6. The van der Waals surface area contributed by atoms with E-state index in [4.69, 9.17) is 0 Å². The van der Waals surface area contributed by atoms with Crippen LogP contribution in [-0.2, 0) is 9.59 Å². The molecule has 1 fully saturated rings. The molecule has 1 aliphatic rings. The highest BCUT2D eigenvalue weighted by Gasteiger charge is 2.49. The molecule has 0 aromatic heterocycles.